The number of amides is 1. The lowest BCUT2D eigenvalue weighted by Crippen LogP contribution is -2.24. The average molecular weight is 532 g/mol. The van der Waals surface area contributed by atoms with Gasteiger partial charge in [0.05, 0.1) is 16.8 Å². The molecule has 0 radical (unpaired) electrons. The fourth-order valence-electron chi connectivity index (χ4n) is 3.70. The maximum atomic E-state index is 13.3. The third-order valence-electron chi connectivity index (χ3n) is 5.47. The van der Waals surface area contributed by atoms with Crippen LogP contribution >= 0.6 is 23.2 Å². The number of ketones is 1. The molecular weight excluding hydrogens is 514 g/mol. The van der Waals surface area contributed by atoms with Gasteiger partial charge < -0.3 is 16.0 Å². The van der Waals surface area contributed by atoms with E-state index in [1.807, 2.05) is 0 Å². The predicted molar refractivity (Wildman–Crippen MR) is 133 cm³/mol. The minimum Gasteiger partial charge on any atom is -0.385 e. The molecule has 0 fully saturated rings. The smallest absolute Gasteiger partial charge is 0.385 e. The summed E-state index contributed by atoms with van der Waals surface area (Å²) in [6, 6.07) is 17.2. The Bertz CT molecular complexity index is 1430. The van der Waals surface area contributed by atoms with E-state index < -0.39 is 23.4 Å². The van der Waals surface area contributed by atoms with E-state index in [9.17, 15) is 22.8 Å². The second kappa shape index (κ2) is 10.1. The Balaban J connectivity index is 1.77. The summed E-state index contributed by atoms with van der Waals surface area (Å²) in [6.45, 7) is 0.0217. The normalized spacial score (nSPS) is 11.4. The van der Waals surface area contributed by atoms with Crippen LogP contribution in [0.3, 0.4) is 0 Å². The number of nitrogens with two attached hydrogens (primary N) is 1. The molecule has 5 nitrogen and oxygen atoms in total. The lowest BCUT2D eigenvalue weighted by Gasteiger charge is -2.12. The molecule has 3 aromatic carbocycles. The first kappa shape index (κ1) is 25.3. The highest BCUT2D eigenvalue weighted by atomic mass is 35.5. The van der Waals surface area contributed by atoms with Gasteiger partial charge in [0, 0.05) is 27.7 Å². The van der Waals surface area contributed by atoms with E-state index in [1.54, 1.807) is 42.5 Å². The van der Waals surface area contributed by atoms with Gasteiger partial charge in [-0.05, 0) is 35.4 Å². The number of rotatable bonds is 6. The summed E-state index contributed by atoms with van der Waals surface area (Å²) in [5.74, 6) is -1.22. The molecule has 0 spiro atoms. The van der Waals surface area contributed by atoms with E-state index >= 15 is 0 Å². The van der Waals surface area contributed by atoms with E-state index in [4.69, 9.17) is 28.9 Å². The standard InChI is InChI=1S/C26H18Cl2F3N3O2/c27-18-11-8-16(19(28)12-18)13-33-25(36)21-20(14-6-9-17(10-7-14)26(29,30)31)22(34-24(21)32)23(35)15-4-2-1-3-5-15/h1-12,34H,13,32H2,(H,33,36). The van der Waals surface area contributed by atoms with Crippen LogP contribution in [-0.4, -0.2) is 16.7 Å². The number of hydrogen-bond donors (Lipinski definition) is 3. The van der Waals surface area contributed by atoms with Gasteiger partial charge in [-0.25, -0.2) is 0 Å². The summed E-state index contributed by atoms with van der Waals surface area (Å²) in [6.07, 6.45) is -4.55. The maximum absolute atomic E-state index is 13.3. The zero-order valence-corrected chi connectivity index (χ0v) is 19.9. The van der Waals surface area contributed by atoms with Crippen molar-refractivity contribution >= 4 is 40.7 Å². The number of nitrogen functional groups attached to an aromatic ring is 1. The SMILES string of the molecule is Nc1[nH]c(C(=O)c2ccccc2)c(-c2ccc(C(F)(F)F)cc2)c1C(=O)NCc1ccc(Cl)cc1Cl. The molecule has 0 saturated carbocycles. The molecule has 1 heterocycles. The highest BCUT2D eigenvalue weighted by molar-refractivity contribution is 6.35. The molecule has 4 N–H and O–H groups in total. The Morgan fingerprint density at radius 3 is 2.22 bits per heavy atom. The monoisotopic (exact) mass is 531 g/mol. The molecule has 4 aromatic rings. The van der Waals surface area contributed by atoms with Gasteiger partial charge in [0.1, 0.15) is 5.82 Å². The number of carbonyl (C=O) groups is 2. The average Bonchev–Trinajstić information content (AvgIpc) is 3.20. The van der Waals surface area contributed by atoms with Crippen LogP contribution in [-0.2, 0) is 12.7 Å². The van der Waals surface area contributed by atoms with Gasteiger partial charge in [-0.2, -0.15) is 13.2 Å². The zero-order valence-electron chi connectivity index (χ0n) is 18.4. The first-order chi connectivity index (χ1) is 17.1. The fraction of sp³-hybridized carbons (Fsp3) is 0.0769. The van der Waals surface area contributed by atoms with Crippen LogP contribution in [0.5, 0.6) is 0 Å². The van der Waals surface area contributed by atoms with E-state index in [1.165, 1.54) is 18.2 Å². The Morgan fingerprint density at radius 2 is 1.61 bits per heavy atom. The summed E-state index contributed by atoms with van der Waals surface area (Å²) < 4.78 is 39.4. The van der Waals surface area contributed by atoms with E-state index in [2.05, 4.69) is 10.3 Å². The number of halogens is 5. The first-order valence-corrected chi connectivity index (χ1v) is 11.3. The largest absolute Gasteiger partial charge is 0.416 e. The fourth-order valence-corrected chi connectivity index (χ4v) is 4.18. The lowest BCUT2D eigenvalue weighted by molar-refractivity contribution is -0.137. The molecule has 10 heteroatoms. The first-order valence-electron chi connectivity index (χ1n) is 10.6. The van der Waals surface area contributed by atoms with E-state index in [0.29, 0.717) is 21.2 Å². The van der Waals surface area contributed by atoms with Crippen LogP contribution < -0.4 is 11.1 Å². The lowest BCUT2D eigenvalue weighted by atomic mass is 9.95. The molecule has 0 bridgehead atoms. The number of aromatic nitrogens is 1. The van der Waals surface area contributed by atoms with Gasteiger partial charge in [0.2, 0.25) is 5.78 Å². The molecule has 1 amide bonds. The second-order valence-corrected chi connectivity index (χ2v) is 8.70. The molecule has 0 unspecified atom stereocenters. The molecule has 0 aliphatic carbocycles. The van der Waals surface area contributed by atoms with Crippen molar-refractivity contribution in [3.8, 4) is 11.1 Å². The van der Waals surface area contributed by atoms with Crippen molar-refractivity contribution < 1.29 is 22.8 Å². The number of alkyl halides is 3. The van der Waals surface area contributed by atoms with Gasteiger partial charge in [-0.15, -0.1) is 0 Å². The Labute approximate surface area is 214 Å². The van der Waals surface area contributed by atoms with Gasteiger partial charge in [-0.1, -0.05) is 71.7 Å². The van der Waals surface area contributed by atoms with Crippen LogP contribution in [0, 0.1) is 0 Å². The highest BCUT2D eigenvalue weighted by Gasteiger charge is 2.31. The van der Waals surface area contributed by atoms with Crippen molar-refractivity contribution in [3.05, 3.63) is 111 Å². The number of nitrogens with one attached hydrogen (secondary N) is 2. The molecular formula is C26H18Cl2F3N3O2. The zero-order chi connectivity index (χ0) is 26.0. The molecule has 36 heavy (non-hydrogen) atoms. The highest BCUT2D eigenvalue weighted by Crippen LogP contribution is 2.36. The van der Waals surface area contributed by atoms with Gasteiger partial charge in [0.25, 0.3) is 5.91 Å². The van der Waals surface area contributed by atoms with Crippen molar-refractivity contribution in [1.29, 1.82) is 0 Å². The van der Waals surface area contributed by atoms with E-state index in [0.717, 1.165) is 12.1 Å². The summed E-state index contributed by atoms with van der Waals surface area (Å²) >= 11 is 12.1. The molecule has 1 aromatic heterocycles. The Morgan fingerprint density at radius 1 is 0.944 bits per heavy atom. The predicted octanol–water partition coefficient (Wildman–Crippen LogP) is 6.75. The Hall–Kier alpha value is -3.75. The van der Waals surface area contributed by atoms with Gasteiger partial charge >= 0.3 is 6.18 Å². The maximum Gasteiger partial charge on any atom is 0.416 e. The molecule has 4 rings (SSSR count). The minimum absolute atomic E-state index is 0.0202. The molecule has 0 aliphatic heterocycles. The number of carbonyl (C=O) groups excluding carboxylic acids is 2. The van der Waals surface area contributed by atoms with Crippen molar-refractivity contribution in [2.45, 2.75) is 12.7 Å². The minimum atomic E-state index is -4.55. The van der Waals surface area contributed by atoms with Crippen LogP contribution in [0.15, 0.2) is 72.8 Å². The molecule has 0 aliphatic rings. The number of anilines is 1. The van der Waals surface area contributed by atoms with Crippen molar-refractivity contribution in [2.24, 2.45) is 0 Å². The second-order valence-electron chi connectivity index (χ2n) is 7.85. The van der Waals surface area contributed by atoms with Crippen LogP contribution in [0.1, 0.15) is 37.5 Å². The van der Waals surface area contributed by atoms with E-state index in [-0.39, 0.29) is 34.7 Å². The summed E-state index contributed by atoms with van der Waals surface area (Å²) in [7, 11) is 0. The Kier molecular flexibility index (Phi) is 7.10. The topological polar surface area (TPSA) is 88.0 Å². The number of benzene rings is 3. The van der Waals surface area contributed by atoms with Crippen LogP contribution in [0.4, 0.5) is 19.0 Å². The molecule has 0 atom stereocenters. The quantitative estimate of drug-likeness (QED) is 0.240. The van der Waals surface area contributed by atoms with Crippen molar-refractivity contribution in [1.82, 2.24) is 10.3 Å². The number of H-pyrrole nitrogens is 1. The third kappa shape index (κ3) is 5.24. The van der Waals surface area contributed by atoms with Crippen molar-refractivity contribution in [2.75, 3.05) is 5.73 Å². The molecule has 184 valence electrons. The van der Waals surface area contributed by atoms with Crippen LogP contribution in [0.25, 0.3) is 11.1 Å². The third-order valence-corrected chi connectivity index (χ3v) is 6.06. The van der Waals surface area contributed by atoms with Gasteiger partial charge in [-0.3, -0.25) is 9.59 Å². The van der Waals surface area contributed by atoms with Crippen molar-refractivity contribution in [3.63, 3.8) is 0 Å². The van der Waals surface area contributed by atoms with Gasteiger partial charge in [0.15, 0.2) is 0 Å². The summed E-state index contributed by atoms with van der Waals surface area (Å²) in [5, 5.41) is 3.47. The summed E-state index contributed by atoms with van der Waals surface area (Å²) in [4.78, 5) is 29.3. The number of hydrogen-bond acceptors (Lipinski definition) is 3. The summed E-state index contributed by atoms with van der Waals surface area (Å²) in [5.41, 5.74) is 6.37. The number of aromatic amines is 1. The van der Waals surface area contributed by atoms with Crippen LogP contribution in [0.2, 0.25) is 10.0 Å². The molecule has 0 saturated heterocycles.